The molecule has 1 aliphatic heterocycles. The van der Waals surface area contributed by atoms with Crippen LogP contribution in [0.5, 0.6) is 0 Å². The number of thioether (sulfide) groups is 1. The molecule has 1 aromatic rings. The highest BCUT2D eigenvalue weighted by molar-refractivity contribution is 8.00. The molecule has 2 unspecified atom stereocenters. The van der Waals surface area contributed by atoms with Gasteiger partial charge in [0.05, 0.1) is 11.7 Å². The third kappa shape index (κ3) is 14.6. The van der Waals surface area contributed by atoms with Crippen LogP contribution >= 0.6 is 11.8 Å². The van der Waals surface area contributed by atoms with Crippen LogP contribution in [0.25, 0.3) is 0 Å². The molecule has 0 spiro atoms. The highest BCUT2D eigenvalue weighted by atomic mass is 32.2. The van der Waals surface area contributed by atoms with Gasteiger partial charge >= 0.3 is 18.1 Å². The number of ether oxygens (including phenoxy) is 1. The summed E-state index contributed by atoms with van der Waals surface area (Å²) in [6.45, 7) is 3.87. The number of carboxylic acids is 1. The van der Waals surface area contributed by atoms with E-state index in [1.807, 2.05) is 0 Å². The second kappa shape index (κ2) is 20.4. The normalized spacial score (nSPS) is 17.1. The quantitative estimate of drug-likeness (QED) is 0.0626. The average molecular weight is 762 g/mol. The Labute approximate surface area is 312 Å². The molecule has 17 nitrogen and oxygen atoms in total. The van der Waals surface area contributed by atoms with E-state index >= 15 is 0 Å². The van der Waals surface area contributed by atoms with Crippen molar-refractivity contribution in [3.05, 3.63) is 29.8 Å². The summed E-state index contributed by atoms with van der Waals surface area (Å²) in [5.74, 6) is -2.62. The average Bonchev–Trinajstić information content (AvgIpc) is 3.79. The van der Waals surface area contributed by atoms with Gasteiger partial charge in [-0.05, 0) is 67.6 Å². The maximum atomic E-state index is 13.4. The first-order chi connectivity index (χ1) is 25.1. The maximum absolute atomic E-state index is 13.4. The van der Waals surface area contributed by atoms with E-state index in [2.05, 4.69) is 21.3 Å². The summed E-state index contributed by atoms with van der Waals surface area (Å²) in [6.07, 6.45) is 2.95. The molecule has 1 heterocycles. The standard InChI is InChI=1S/C35H51N7O10S/c1-21(2)29(31(48)40-24(7-6-15-38-33(36)50)30(47)39-23-11-9-22(10-12-23)19-52-34(37)51)41-26(43)8-4-3-5-16-42-27(44)17-25(32(42)49)53-20-35(13-14-35)18-28(45)46/h9-12,21,24-25,29H,3-8,13-20H2,1-2H3,(H2,37,51)(H,39,47)(H,40,48)(H,41,43)(H,45,46)(H3,36,38,50)/t24?,25?,29-/m0/s1. The van der Waals surface area contributed by atoms with Crippen molar-refractivity contribution in [2.45, 2.75) is 102 Å². The predicted molar refractivity (Wildman–Crippen MR) is 195 cm³/mol. The number of aliphatic carboxylic acids is 1. The van der Waals surface area contributed by atoms with Crippen molar-refractivity contribution in [2.75, 3.05) is 24.2 Å². The number of anilines is 1. The van der Waals surface area contributed by atoms with Crippen molar-refractivity contribution in [2.24, 2.45) is 22.8 Å². The molecule has 1 saturated heterocycles. The number of hydrogen-bond acceptors (Lipinski definition) is 10. The first kappa shape index (κ1) is 42.5. The topological polar surface area (TPSA) is 269 Å². The fraction of sp³-hybridized carbons (Fsp3) is 0.600. The summed E-state index contributed by atoms with van der Waals surface area (Å²) >= 11 is 1.36. The number of carboxylic acid groups (broad SMARTS) is 1. The zero-order valence-corrected chi connectivity index (χ0v) is 31.0. The Bertz CT molecular complexity index is 1500. The molecule has 1 aliphatic carbocycles. The lowest BCUT2D eigenvalue weighted by molar-refractivity contribution is -0.139. The number of amides is 8. The molecule has 18 heteroatoms. The summed E-state index contributed by atoms with van der Waals surface area (Å²) in [5.41, 5.74) is 10.9. The van der Waals surface area contributed by atoms with E-state index in [0.717, 1.165) is 12.8 Å². The number of likely N-dealkylation sites (tertiary alicyclic amines) is 1. The van der Waals surface area contributed by atoms with Crippen molar-refractivity contribution in [1.29, 1.82) is 0 Å². The second-order valence-corrected chi connectivity index (χ2v) is 15.0. The minimum atomic E-state index is -1.03. The molecule has 0 radical (unpaired) electrons. The van der Waals surface area contributed by atoms with Crippen LogP contribution in [-0.2, 0) is 40.1 Å². The van der Waals surface area contributed by atoms with Crippen LogP contribution in [0.3, 0.4) is 0 Å². The van der Waals surface area contributed by atoms with Gasteiger partial charge in [-0.3, -0.25) is 33.7 Å². The lowest BCUT2D eigenvalue weighted by Gasteiger charge is -2.25. The number of urea groups is 1. The number of hydrogen-bond donors (Lipinski definition) is 7. The van der Waals surface area contributed by atoms with Gasteiger partial charge in [-0.25, -0.2) is 9.59 Å². The third-order valence-corrected chi connectivity index (χ3v) is 10.6. The Morgan fingerprint density at radius 3 is 2.28 bits per heavy atom. The van der Waals surface area contributed by atoms with Gasteiger partial charge < -0.3 is 42.6 Å². The second-order valence-electron chi connectivity index (χ2n) is 13.8. The van der Waals surface area contributed by atoms with Gasteiger partial charge in [0.25, 0.3) is 0 Å². The Morgan fingerprint density at radius 1 is 0.981 bits per heavy atom. The van der Waals surface area contributed by atoms with Gasteiger partial charge in [0.15, 0.2) is 0 Å². The van der Waals surface area contributed by atoms with Gasteiger partial charge in [-0.1, -0.05) is 32.4 Å². The molecule has 292 valence electrons. The summed E-state index contributed by atoms with van der Waals surface area (Å²) in [7, 11) is 0. The van der Waals surface area contributed by atoms with E-state index < -0.39 is 47.2 Å². The number of primary amides is 2. The fourth-order valence-electron chi connectivity index (χ4n) is 5.79. The molecule has 3 atom stereocenters. The van der Waals surface area contributed by atoms with Crippen LogP contribution in [0.1, 0.15) is 83.6 Å². The fourth-order valence-corrected chi connectivity index (χ4v) is 7.27. The van der Waals surface area contributed by atoms with E-state index in [4.69, 9.17) is 21.3 Å². The molecule has 0 bridgehead atoms. The van der Waals surface area contributed by atoms with Crippen molar-refractivity contribution in [1.82, 2.24) is 20.9 Å². The molecule has 1 saturated carbocycles. The van der Waals surface area contributed by atoms with Crippen molar-refractivity contribution >= 4 is 65.1 Å². The number of carbonyl (C=O) groups is 8. The number of benzene rings is 1. The highest BCUT2D eigenvalue weighted by Gasteiger charge is 2.47. The minimum absolute atomic E-state index is 0.0436. The molecule has 53 heavy (non-hydrogen) atoms. The Morgan fingerprint density at radius 2 is 1.68 bits per heavy atom. The Kier molecular flexibility index (Phi) is 16.4. The Balaban J connectivity index is 1.46. The summed E-state index contributed by atoms with van der Waals surface area (Å²) in [4.78, 5) is 99.3. The summed E-state index contributed by atoms with van der Waals surface area (Å²) < 4.78 is 4.76. The van der Waals surface area contributed by atoms with Crippen molar-refractivity contribution < 1.29 is 48.2 Å². The van der Waals surface area contributed by atoms with Gasteiger partial charge in [0, 0.05) is 37.4 Å². The Hall–Kier alpha value is -4.87. The summed E-state index contributed by atoms with van der Waals surface area (Å²) in [5, 5.41) is 19.3. The molecule has 1 aromatic carbocycles. The number of unbranched alkanes of at least 4 members (excludes halogenated alkanes) is 2. The number of nitrogens with one attached hydrogen (secondary N) is 4. The zero-order valence-electron chi connectivity index (χ0n) is 30.1. The third-order valence-electron chi connectivity index (χ3n) is 9.03. The molecular formula is C35H51N7O10S. The number of imide groups is 1. The monoisotopic (exact) mass is 761 g/mol. The number of nitrogens with zero attached hydrogens (tertiary/aromatic N) is 1. The number of rotatable bonds is 23. The van der Waals surface area contributed by atoms with Gasteiger partial charge in [-0.15, -0.1) is 11.8 Å². The number of nitrogens with two attached hydrogens (primary N) is 2. The predicted octanol–water partition coefficient (Wildman–Crippen LogP) is 1.97. The lowest BCUT2D eigenvalue weighted by atomic mass is 10.0. The molecule has 9 N–H and O–H groups in total. The first-order valence-corrected chi connectivity index (χ1v) is 18.8. The number of carbonyl (C=O) groups excluding carboxylic acids is 7. The van der Waals surface area contributed by atoms with Crippen molar-refractivity contribution in [3.63, 3.8) is 0 Å². The van der Waals surface area contributed by atoms with Crippen LogP contribution in [0.2, 0.25) is 0 Å². The molecule has 2 aliphatic rings. The lowest BCUT2D eigenvalue weighted by Crippen LogP contribution is -2.54. The zero-order chi connectivity index (χ0) is 39.1. The molecule has 2 fully saturated rings. The van der Waals surface area contributed by atoms with E-state index in [1.54, 1.807) is 38.1 Å². The van der Waals surface area contributed by atoms with E-state index in [0.29, 0.717) is 42.7 Å². The summed E-state index contributed by atoms with van der Waals surface area (Å²) in [6, 6.07) is 3.74. The minimum Gasteiger partial charge on any atom is -0.481 e. The van der Waals surface area contributed by atoms with Gasteiger partial charge in [-0.2, -0.15) is 0 Å². The van der Waals surface area contributed by atoms with Crippen LogP contribution in [0.15, 0.2) is 24.3 Å². The van der Waals surface area contributed by atoms with E-state index in [-0.39, 0.29) is 74.4 Å². The SMILES string of the molecule is CC(C)[C@H](NC(=O)CCCCCN1C(=O)CC(SCC2(CC(=O)O)CC2)C1=O)C(=O)NC(CCCNC(N)=O)C(=O)Nc1ccc(COC(N)=O)cc1. The smallest absolute Gasteiger partial charge is 0.404 e. The molecule has 3 rings (SSSR count). The molecule has 0 aromatic heterocycles. The van der Waals surface area contributed by atoms with Crippen molar-refractivity contribution in [3.8, 4) is 0 Å². The van der Waals surface area contributed by atoms with Crippen LogP contribution in [0, 0.1) is 11.3 Å². The largest absolute Gasteiger partial charge is 0.481 e. The first-order valence-electron chi connectivity index (χ1n) is 17.7. The van der Waals surface area contributed by atoms with Crippen LogP contribution in [-0.4, -0.2) is 93.8 Å². The maximum Gasteiger partial charge on any atom is 0.404 e. The molecule has 8 amide bonds. The van der Waals surface area contributed by atoms with E-state index in [9.17, 15) is 38.4 Å². The van der Waals surface area contributed by atoms with Gasteiger partial charge in [0.1, 0.15) is 18.7 Å². The highest BCUT2D eigenvalue weighted by Crippen LogP contribution is 2.52. The van der Waals surface area contributed by atoms with E-state index in [1.165, 1.54) is 16.7 Å². The van der Waals surface area contributed by atoms with Gasteiger partial charge in [0.2, 0.25) is 29.5 Å². The van der Waals surface area contributed by atoms with Crippen LogP contribution in [0.4, 0.5) is 15.3 Å². The molecular weight excluding hydrogens is 710 g/mol. The van der Waals surface area contributed by atoms with Crippen LogP contribution < -0.4 is 32.7 Å².